The Labute approximate surface area is 59.9 Å². The van der Waals surface area contributed by atoms with Gasteiger partial charge in [0.05, 0.1) is 0 Å². The van der Waals surface area contributed by atoms with Crippen molar-refractivity contribution in [2.45, 2.75) is 0 Å². The summed E-state index contributed by atoms with van der Waals surface area (Å²) in [4.78, 5) is 0. The first-order valence-corrected chi connectivity index (χ1v) is 0.532. The molecule has 0 aliphatic carbocycles. The van der Waals surface area contributed by atoms with Crippen molar-refractivity contribution in [3.63, 3.8) is 0 Å². The predicted octanol–water partition coefficient (Wildman–Crippen LogP) is -0.505. The van der Waals surface area contributed by atoms with Crippen molar-refractivity contribution in [3.8, 4) is 0 Å². The largest absolute Gasteiger partial charge is 0 e. The summed E-state index contributed by atoms with van der Waals surface area (Å²) >= 11 is 2.62. The Bertz CT molecular complexity index is 8.00. The molecule has 0 N–H and O–H groups in total. The minimum Gasteiger partial charge on any atom is 0 e. The number of hydrogen-bond acceptors (Lipinski definition) is 1. The molecule has 0 unspecified atom stereocenters. The van der Waals surface area contributed by atoms with Crippen LogP contribution in [0.4, 0.5) is 0 Å². The van der Waals surface area contributed by atoms with E-state index in [1.54, 1.807) is 0 Å². The molecule has 0 aliphatic rings. The zero-order valence-electron chi connectivity index (χ0n) is 1.53. The summed E-state index contributed by atoms with van der Waals surface area (Å²) in [5.41, 5.74) is 0. The van der Waals surface area contributed by atoms with Gasteiger partial charge in [0.1, 0.15) is 0 Å². The maximum absolute atomic E-state index is 7.88. The summed E-state index contributed by atoms with van der Waals surface area (Å²) < 4.78 is 7.88. The van der Waals surface area contributed by atoms with Crippen molar-refractivity contribution in [1.29, 1.82) is 0 Å². The average molecular weight is 257 g/mol. The fraction of sp³-hybridized carbons (Fsp3) is 0. The maximum Gasteiger partial charge on any atom is 0 e. The molecule has 0 heterocycles. The van der Waals surface area contributed by atoms with E-state index in [1.807, 2.05) is 0 Å². The van der Waals surface area contributed by atoms with Crippen molar-refractivity contribution in [3.05, 3.63) is 0 Å². The third-order valence-electron chi connectivity index (χ3n) is 0. The Kier molecular flexibility index (Phi) is 101. The average Bonchev–Trinajstić information content (AvgIpc) is 1.00. The topological polar surface area (TPSA) is 17.1 Å². The zero-order chi connectivity index (χ0) is 2.00. The Hall–Kier alpha value is 1.61. The van der Waals surface area contributed by atoms with Crippen LogP contribution in [0.1, 0.15) is 0 Å². The van der Waals surface area contributed by atoms with Crippen LogP contribution in [-0.2, 0) is 36.4 Å². The van der Waals surface area contributed by atoms with Gasteiger partial charge in [0.2, 0.25) is 0 Å². The molecule has 0 saturated heterocycles. The van der Waals surface area contributed by atoms with Gasteiger partial charge >= 0.3 is 19.3 Å². The van der Waals surface area contributed by atoms with Crippen LogP contribution in [0.5, 0.6) is 0 Å². The first kappa shape index (κ1) is 17.5. The van der Waals surface area contributed by atoms with Crippen molar-refractivity contribution in [2.75, 3.05) is 0 Å². The second kappa shape index (κ2) is 23.2. The first-order valence-electron chi connectivity index (χ1n) is 0.129. The Morgan fingerprint density at radius 3 is 1.25 bits per heavy atom. The van der Waals surface area contributed by atoms with E-state index in [1.165, 1.54) is 0 Å². The molecule has 0 aromatic rings. The smallest absolute Gasteiger partial charge is 0 e. The summed E-state index contributed by atoms with van der Waals surface area (Å²) in [7, 11) is 0. The molecule has 0 amide bonds. The van der Waals surface area contributed by atoms with Crippen LogP contribution in [0.2, 0.25) is 0 Å². The van der Waals surface area contributed by atoms with Crippen molar-refractivity contribution in [1.82, 2.24) is 0 Å². The fourth-order valence-electron chi connectivity index (χ4n) is 0. The third-order valence-corrected chi connectivity index (χ3v) is 0. The van der Waals surface area contributed by atoms with Gasteiger partial charge in [-0.2, -0.15) is 0 Å². The third kappa shape index (κ3) is 9.48. The van der Waals surface area contributed by atoms with E-state index in [9.17, 15) is 0 Å². The van der Waals surface area contributed by atoms with Gasteiger partial charge in [-0.05, 0) is 0 Å². The maximum atomic E-state index is 7.88. The van der Waals surface area contributed by atoms with Gasteiger partial charge in [-0.15, -0.1) is 0 Å². The summed E-state index contributed by atoms with van der Waals surface area (Å²) in [5, 5.41) is 0. The van der Waals surface area contributed by atoms with E-state index in [2.05, 4.69) is 15.4 Å². The molecule has 0 bridgehead atoms. The molecule has 0 saturated carbocycles. The standard InChI is InChI=1S/Cu.Ni.O.Sn. The van der Waals surface area contributed by atoms with Gasteiger partial charge in [0.25, 0.3) is 0 Å². The summed E-state index contributed by atoms with van der Waals surface area (Å²) in [6, 6.07) is 0. The van der Waals surface area contributed by atoms with E-state index in [4.69, 9.17) is 3.90 Å². The van der Waals surface area contributed by atoms with Gasteiger partial charge < -0.3 is 0 Å². The van der Waals surface area contributed by atoms with Gasteiger partial charge in [0.15, 0.2) is 0 Å². The van der Waals surface area contributed by atoms with Gasteiger partial charge in [-0.25, -0.2) is 0 Å². The molecule has 0 spiro atoms. The van der Waals surface area contributed by atoms with E-state index < -0.39 is 0 Å². The SMILES string of the molecule is [Cu].[O]=[Ni].[Sn]. The Morgan fingerprint density at radius 1 is 1.25 bits per heavy atom. The quantitative estimate of drug-likeness (QED) is 0.534. The molecule has 0 fully saturated rings. The van der Waals surface area contributed by atoms with E-state index >= 15 is 0 Å². The van der Waals surface area contributed by atoms with Gasteiger partial charge in [-0.1, -0.05) is 0 Å². The van der Waals surface area contributed by atoms with E-state index in [0.29, 0.717) is 0 Å². The van der Waals surface area contributed by atoms with Crippen LogP contribution >= 0.6 is 0 Å². The minimum absolute atomic E-state index is 0. The van der Waals surface area contributed by atoms with Crippen LogP contribution in [-0.4, -0.2) is 23.9 Å². The predicted molar refractivity (Wildman–Crippen MR) is 6.44 cm³/mol. The molecule has 5 radical (unpaired) electrons. The molecular weight excluding hydrogens is 257 g/mol. The molecule has 0 aliphatic heterocycles. The second-order valence-corrected chi connectivity index (χ2v) is 0. The molecule has 0 atom stereocenters. The van der Waals surface area contributed by atoms with Crippen LogP contribution in [0.15, 0.2) is 0 Å². The van der Waals surface area contributed by atoms with Crippen molar-refractivity contribution >= 4 is 23.9 Å². The van der Waals surface area contributed by atoms with Crippen molar-refractivity contribution in [2.24, 2.45) is 0 Å². The normalized spacial score (nSPS) is 1.50. The summed E-state index contributed by atoms with van der Waals surface area (Å²) in [5.74, 6) is 0. The monoisotopic (exact) mass is 257 g/mol. The van der Waals surface area contributed by atoms with Crippen LogP contribution < -0.4 is 0 Å². The summed E-state index contributed by atoms with van der Waals surface area (Å²) in [6.07, 6.45) is 0. The number of rotatable bonds is 0. The molecular formula is CuNiOSn. The zero-order valence-corrected chi connectivity index (χ0v) is 6.31. The van der Waals surface area contributed by atoms with E-state index in [0.717, 1.165) is 0 Å². The first-order chi connectivity index (χ1) is 1.00. The summed E-state index contributed by atoms with van der Waals surface area (Å²) in [6.45, 7) is 0. The fourth-order valence-corrected chi connectivity index (χ4v) is 0. The van der Waals surface area contributed by atoms with Crippen LogP contribution in [0, 0.1) is 0 Å². The second-order valence-electron chi connectivity index (χ2n) is 0. The Morgan fingerprint density at radius 2 is 1.25 bits per heavy atom. The van der Waals surface area contributed by atoms with E-state index in [-0.39, 0.29) is 41.0 Å². The molecule has 1 nitrogen and oxygen atoms in total. The van der Waals surface area contributed by atoms with Gasteiger partial charge in [-0.3, -0.25) is 0 Å². The molecule has 0 aromatic heterocycles. The molecule has 0 rings (SSSR count). The molecule has 4 heavy (non-hydrogen) atoms. The van der Waals surface area contributed by atoms with Crippen LogP contribution in [0.25, 0.3) is 0 Å². The van der Waals surface area contributed by atoms with Crippen molar-refractivity contribution < 1.29 is 36.4 Å². The minimum atomic E-state index is 0. The molecule has 31 valence electrons. The van der Waals surface area contributed by atoms with Crippen LogP contribution in [0.3, 0.4) is 0 Å². The van der Waals surface area contributed by atoms with Gasteiger partial charge in [0, 0.05) is 41.0 Å². The molecule has 4 heteroatoms. The number of hydrogen-bond donors (Lipinski definition) is 0. The Balaban J connectivity index is -0.00000000500. The molecule has 0 aromatic carbocycles.